The molecule has 0 spiro atoms. The number of carbonyl (C=O) groups excluding carboxylic acids is 3. The third-order valence-corrected chi connectivity index (χ3v) is 5.94. The first kappa shape index (κ1) is 22.7. The molecule has 182 valence electrons. The zero-order chi connectivity index (χ0) is 24.5. The van der Waals surface area contributed by atoms with Crippen LogP contribution in [0.4, 0.5) is 5.82 Å². The van der Waals surface area contributed by atoms with Crippen molar-refractivity contribution in [2.75, 3.05) is 12.1 Å². The number of nitrogens with one attached hydrogen (secondary N) is 1. The van der Waals surface area contributed by atoms with E-state index in [1.807, 2.05) is 12.1 Å². The van der Waals surface area contributed by atoms with Crippen LogP contribution in [0.2, 0.25) is 0 Å². The number of anilines is 1. The van der Waals surface area contributed by atoms with Crippen molar-refractivity contribution in [2.45, 2.75) is 43.3 Å². The molecule has 1 aromatic carbocycles. The molecule has 1 saturated carbocycles. The highest BCUT2D eigenvalue weighted by Crippen LogP contribution is 2.40. The Hall–Kier alpha value is -4.03. The van der Waals surface area contributed by atoms with Gasteiger partial charge in [-0.05, 0) is 42.5 Å². The molecule has 1 unspecified atom stereocenters. The van der Waals surface area contributed by atoms with Crippen LogP contribution in [0, 0.1) is 0 Å². The molecule has 35 heavy (non-hydrogen) atoms. The zero-order valence-corrected chi connectivity index (χ0v) is 18.2. The molecule has 0 amide bonds. The fourth-order valence-corrected chi connectivity index (χ4v) is 4.03. The minimum Gasteiger partial charge on any atom is -0.459 e. The van der Waals surface area contributed by atoms with Gasteiger partial charge in [0.25, 0.3) is 0 Å². The normalized spacial score (nSPS) is 26.5. The first-order valence-electron chi connectivity index (χ1n) is 10.9. The highest BCUT2D eigenvalue weighted by molar-refractivity contribution is 5.92. The summed E-state index contributed by atoms with van der Waals surface area (Å²) in [6.07, 6.45) is 0.656. The molecule has 2 fully saturated rings. The third kappa shape index (κ3) is 4.79. The van der Waals surface area contributed by atoms with Crippen LogP contribution in [0.5, 0.6) is 0 Å². The first-order valence-corrected chi connectivity index (χ1v) is 10.9. The lowest BCUT2D eigenvalue weighted by molar-refractivity contribution is -0.164. The van der Waals surface area contributed by atoms with Crippen LogP contribution < -0.4 is 11.2 Å². The Balaban J connectivity index is 1.36. The average Bonchev–Trinajstić information content (AvgIpc) is 3.66. The van der Waals surface area contributed by atoms with Crippen LogP contribution in [0.3, 0.4) is 0 Å². The van der Waals surface area contributed by atoms with Gasteiger partial charge in [-0.15, -0.1) is 0 Å². The molecule has 1 saturated heterocycles. The fraction of sp³-hybridized carbons (Fsp3) is 0.348. The summed E-state index contributed by atoms with van der Waals surface area (Å²) < 4.78 is 23.1. The third-order valence-electron chi connectivity index (χ3n) is 5.94. The highest BCUT2D eigenvalue weighted by atomic mass is 16.7. The van der Waals surface area contributed by atoms with Crippen LogP contribution in [0.25, 0.3) is 0 Å². The molecule has 5 rings (SSSR count). The molecule has 12 heteroatoms. The van der Waals surface area contributed by atoms with E-state index in [1.54, 1.807) is 17.6 Å². The minimum absolute atomic E-state index is 0.108. The van der Waals surface area contributed by atoms with Gasteiger partial charge in [0, 0.05) is 18.3 Å². The Morgan fingerprint density at radius 3 is 2.37 bits per heavy atom. The Morgan fingerprint density at radius 2 is 1.74 bits per heavy atom. The Morgan fingerprint density at radius 1 is 1.06 bits per heavy atom. The lowest BCUT2D eigenvalue weighted by Crippen LogP contribution is -2.43. The number of carbonyl (C=O) groups is 3. The molecule has 12 nitrogen and oxygen atoms in total. The summed E-state index contributed by atoms with van der Waals surface area (Å²) in [6.45, 7) is -0.339. The predicted molar refractivity (Wildman–Crippen MR) is 115 cm³/mol. The van der Waals surface area contributed by atoms with E-state index in [4.69, 9.17) is 24.2 Å². The van der Waals surface area contributed by atoms with E-state index < -0.39 is 48.1 Å². The predicted octanol–water partition coefficient (Wildman–Crippen LogP) is 1.07. The zero-order valence-electron chi connectivity index (χ0n) is 18.2. The molecule has 0 radical (unpaired) electrons. The van der Waals surface area contributed by atoms with Gasteiger partial charge in [0.2, 0.25) is 0 Å². The summed E-state index contributed by atoms with van der Waals surface area (Å²) in [5.41, 5.74) is 2.44. The van der Waals surface area contributed by atoms with E-state index in [0.717, 1.165) is 29.6 Å². The van der Waals surface area contributed by atoms with Crippen molar-refractivity contribution in [2.24, 2.45) is 0 Å². The van der Waals surface area contributed by atoms with Gasteiger partial charge < -0.3 is 18.9 Å². The highest BCUT2D eigenvalue weighted by Gasteiger charge is 2.51. The Kier molecular flexibility index (Phi) is 6.05. The number of rotatable bonds is 6. The summed E-state index contributed by atoms with van der Waals surface area (Å²) in [6, 6.07) is 8.43. The lowest BCUT2D eigenvalue weighted by atomic mass is 10.1. The van der Waals surface area contributed by atoms with Crippen molar-refractivity contribution in [3.8, 4) is 0 Å². The second-order valence-electron chi connectivity index (χ2n) is 8.31. The molecule has 2 aromatic rings. The molecule has 4 atom stereocenters. The monoisotopic (exact) mass is 483 g/mol. The largest absolute Gasteiger partial charge is 0.459 e. The fourth-order valence-electron chi connectivity index (χ4n) is 4.03. The van der Waals surface area contributed by atoms with E-state index in [1.165, 1.54) is 17.8 Å². The number of hydrogen-bond donors (Lipinski definition) is 2. The number of aromatic nitrogens is 2. The van der Waals surface area contributed by atoms with Crippen LogP contribution in [0.1, 0.15) is 40.9 Å². The van der Waals surface area contributed by atoms with Crippen molar-refractivity contribution in [3.63, 3.8) is 0 Å². The number of fused-ring (bicyclic) bond motifs is 1. The lowest BCUT2D eigenvalue weighted by Gasteiger charge is -2.25. The van der Waals surface area contributed by atoms with E-state index in [9.17, 15) is 19.2 Å². The number of ether oxygens (including phenoxy) is 4. The van der Waals surface area contributed by atoms with Crippen LogP contribution in [0.15, 0.2) is 53.5 Å². The molecular weight excluding hydrogens is 462 g/mol. The average molecular weight is 483 g/mol. The summed E-state index contributed by atoms with van der Waals surface area (Å²) >= 11 is 0. The minimum atomic E-state index is -1.24. The molecule has 3 heterocycles. The Bertz CT molecular complexity index is 1240. The van der Waals surface area contributed by atoms with E-state index in [2.05, 4.69) is 4.98 Å². The second-order valence-corrected chi connectivity index (χ2v) is 8.31. The summed E-state index contributed by atoms with van der Waals surface area (Å²) in [4.78, 5) is 52.9. The molecule has 1 aliphatic carbocycles. The van der Waals surface area contributed by atoms with E-state index >= 15 is 0 Å². The van der Waals surface area contributed by atoms with Gasteiger partial charge >= 0.3 is 23.6 Å². The number of nitrogens with zero attached hydrogens (tertiary/aromatic N) is 2. The Labute approximate surface area is 198 Å². The van der Waals surface area contributed by atoms with E-state index in [-0.39, 0.29) is 12.4 Å². The van der Waals surface area contributed by atoms with Crippen molar-refractivity contribution >= 4 is 23.7 Å². The van der Waals surface area contributed by atoms with Crippen molar-refractivity contribution in [1.82, 2.24) is 9.55 Å². The number of hydrogen-bond acceptors (Lipinski definition) is 11. The van der Waals surface area contributed by atoms with Crippen molar-refractivity contribution < 1.29 is 38.5 Å². The summed E-state index contributed by atoms with van der Waals surface area (Å²) in [5, 5.41) is 8.97. The maximum absolute atomic E-state index is 12.6. The molecule has 3 aliphatic rings. The quantitative estimate of drug-likeness (QED) is 0.344. The number of esters is 3. The second kappa shape index (κ2) is 9.31. The van der Waals surface area contributed by atoms with Gasteiger partial charge in [-0.2, -0.15) is 4.98 Å². The van der Waals surface area contributed by atoms with Gasteiger partial charge in [0.15, 0.2) is 24.3 Å². The summed E-state index contributed by atoms with van der Waals surface area (Å²) in [5.74, 6) is -1.83. The van der Waals surface area contributed by atoms with E-state index in [0.29, 0.717) is 11.5 Å². The van der Waals surface area contributed by atoms with Gasteiger partial charge in [0.1, 0.15) is 12.7 Å². The molecule has 1 aromatic heterocycles. The van der Waals surface area contributed by atoms with Gasteiger partial charge in [-0.3, -0.25) is 15.3 Å². The van der Waals surface area contributed by atoms with Crippen LogP contribution in [-0.2, 0) is 28.5 Å². The standard InChI is InChI=1S/C23H21N3O9/c27-17-7-8-18(28)35-20-19(34-17)15(33-21(20)26-10-9-16(25-31)24-23(26)30)11-32-22(29)14-5-3-13(4-6-14)12-1-2-12/h3-10,12,15,19-21,31H,1-2,11H2,(H,24,25,30)/b8-7-/t15-,19?,20-,21-/m1/s1. The van der Waals surface area contributed by atoms with Gasteiger partial charge in [0.05, 0.1) is 5.56 Å². The molecule has 0 bridgehead atoms. The molecular formula is C23H21N3O9. The van der Waals surface area contributed by atoms with Crippen LogP contribution >= 0.6 is 0 Å². The van der Waals surface area contributed by atoms with Crippen molar-refractivity contribution in [1.29, 1.82) is 0 Å². The summed E-state index contributed by atoms with van der Waals surface area (Å²) in [7, 11) is 0. The smallest absolute Gasteiger partial charge is 0.351 e. The first-order chi connectivity index (χ1) is 16.9. The number of benzene rings is 1. The van der Waals surface area contributed by atoms with Crippen molar-refractivity contribution in [3.05, 3.63) is 70.3 Å². The van der Waals surface area contributed by atoms with Gasteiger partial charge in [-0.1, -0.05) is 12.1 Å². The SMILES string of the molecule is O=C1/C=C\C(=O)O[C@@H]2C(O1)[C@@H](COC(=O)c1ccc(C3CC3)cc1)O[C@H]2n1ccc(NO)nc1=O. The van der Waals surface area contributed by atoms with Gasteiger partial charge in [-0.25, -0.2) is 19.2 Å². The molecule has 2 N–H and O–H groups in total. The molecule has 2 aliphatic heterocycles. The maximum Gasteiger partial charge on any atom is 0.351 e. The topological polar surface area (TPSA) is 155 Å². The van der Waals surface area contributed by atoms with Crippen LogP contribution in [-0.4, -0.2) is 57.6 Å². The maximum atomic E-state index is 12.6.